The van der Waals surface area contributed by atoms with E-state index in [0.717, 1.165) is 30.7 Å². The van der Waals surface area contributed by atoms with E-state index in [-0.39, 0.29) is 23.9 Å². The van der Waals surface area contributed by atoms with Gasteiger partial charge in [0.25, 0.3) is 0 Å². The average molecular weight is 260 g/mol. The number of benzene rings is 1. The van der Waals surface area contributed by atoms with Crippen LogP contribution in [0.5, 0.6) is 5.75 Å². The first-order valence-corrected chi connectivity index (χ1v) is 6.93. The third-order valence-corrected chi connectivity index (χ3v) is 4.33. The molecule has 4 nitrogen and oxygen atoms in total. The Balaban J connectivity index is 1.73. The lowest BCUT2D eigenvalue weighted by atomic mass is 9.95. The van der Waals surface area contributed by atoms with Crippen molar-refractivity contribution in [2.45, 2.75) is 31.8 Å². The van der Waals surface area contributed by atoms with Crippen molar-refractivity contribution in [1.29, 1.82) is 0 Å². The molecular weight excluding hydrogens is 240 g/mol. The summed E-state index contributed by atoms with van der Waals surface area (Å²) in [6.45, 7) is 3.29. The average Bonchev–Trinajstić information content (AvgIpc) is 2.78. The fourth-order valence-electron chi connectivity index (χ4n) is 3.00. The van der Waals surface area contributed by atoms with Crippen LogP contribution in [-0.4, -0.2) is 36.0 Å². The Kier molecular flexibility index (Phi) is 3.19. The second-order valence-electron chi connectivity index (χ2n) is 5.54. The predicted octanol–water partition coefficient (Wildman–Crippen LogP) is 1.19. The molecule has 1 aromatic carbocycles. The van der Waals surface area contributed by atoms with Crippen LogP contribution < -0.4 is 10.5 Å². The second-order valence-corrected chi connectivity index (χ2v) is 5.54. The number of fused-ring (bicyclic) bond motifs is 1. The van der Waals surface area contributed by atoms with E-state index >= 15 is 0 Å². The molecule has 0 spiro atoms. The van der Waals surface area contributed by atoms with Gasteiger partial charge in [0.2, 0.25) is 5.91 Å². The molecule has 2 N–H and O–H groups in total. The minimum Gasteiger partial charge on any atom is -0.492 e. The van der Waals surface area contributed by atoms with E-state index in [4.69, 9.17) is 10.5 Å². The topological polar surface area (TPSA) is 55.6 Å². The second kappa shape index (κ2) is 4.85. The Labute approximate surface area is 113 Å². The van der Waals surface area contributed by atoms with Gasteiger partial charge in [-0.1, -0.05) is 18.2 Å². The molecule has 19 heavy (non-hydrogen) atoms. The van der Waals surface area contributed by atoms with Gasteiger partial charge in [0.15, 0.2) is 0 Å². The highest BCUT2D eigenvalue weighted by Crippen LogP contribution is 2.29. The Bertz CT molecular complexity index is 489. The highest BCUT2D eigenvalue weighted by molar-refractivity contribution is 5.80. The van der Waals surface area contributed by atoms with Crippen LogP contribution in [-0.2, 0) is 11.2 Å². The normalized spacial score (nSPS) is 29.8. The van der Waals surface area contributed by atoms with Gasteiger partial charge in [-0.25, -0.2) is 0 Å². The summed E-state index contributed by atoms with van der Waals surface area (Å²) in [5.74, 6) is 1.04. The van der Waals surface area contributed by atoms with Gasteiger partial charge in [0.1, 0.15) is 12.4 Å². The summed E-state index contributed by atoms with van der Waals surface area (Å²) in [6.07, 6.45) is 1.67. The van der Waals surface area contributed by atoms with Crippen molar-refractivity contribution in [2.75, 3.05) is 13.2 Å². The molecule has 3 rings (SSSR count). The SMILES string of the molecule is CC1C(N)CCN1C(=O)C1COc2ccccc2C1. The minimum absolute atomic E-state index is 0.0670. The molecule has 0 aliphatic carbocycles. The van der Waals surface area contributed by atoms with Crippen LogP contribution in [0.2, 0.25) is 0 Å². The van der Waals surface area contributed by atoms with Gasteiger partial charge in [-0.2, -0.15) is 0 Å². The third-order valence-electron chi connectivity index (χ3n) is 4.33. The highest BCUT2D eigenvalue weighted by atomic mass is 16.5. The molecule has 2 aliphatic heterocycles. The van der Waals surface area contributed by atoms with E-state index < -0.39 is 0 Å². The molecule has 0 saturated carbocycles. The maximum Gasteiger partial charge on any atom is 0.229 e. The van der Waals surface area contributed by atoms with Gasteiger partial charge in [-0.3, -0.25) is 4.79 Å². The molecule has 0 radical (unpaired) electrons. The summed E-state index contributed by atoms with van der Waals surface area (Å²) in [5.41, 5.74) is 7.12. The summed E-state index contributed by atoms with van der Waals surface area (Å²) in [6, 6.07) is 8.20. The van der Waals surface area contributed by atoms with Crippen molar-refractivity contribution < 1.29 is 9.53 Å². The number of amides is 1. The minimum atomic E-state index is -0.0670. The molecule has 2 aliphatic rings. The van der Waals surface area contributed by atoms with Gasteiger partial charge in [0.05, 0.1) is 5.92 Å². The number of carbonyl (C=O) groups is 1. The fourth-order valence-corrected chi connectivity index (χ4v) is 3.00. The molecular formula is C15H20N2O2. The zero-order valence-electron chi connectivity index (χ0n) is 11.2. The van der Waals surface area contributed by atoms with Gasteiger partial charge < -0.3 is 15.4 Å². The number of nitrogens with two attached hydrogens (primary N) is 1. The first kappa shape index (κ1) is 12.5. The van der Waals surface area contributed by atoms with Gasteiger partial charge >= 0.3 is 0 Å². The van der Waals surface area contributed by atoms with Crippen LogP contribution >= 0.6 is 0 Å². The molecule has 1 saturated heterocycles. The number of ether oxygens (including phenoxy) is 1. The molecule has 3 atom stereocenters. The molecule has 1 amide bonds. The zero-order valence-corrected chi connectivity index (χ0v) is 11.2. The Morgan fingerprint density at radius 2 is 2.21 bits per heavy atom. The van der Waals surface area contributed by atoms with Crippen molar-refractivity contribution >= 4 is 5.91 Å². The largest absolute Gasteiger partial charge is 0.492 e. The summed E-state index contributed by atoms with van der Waals surface area (Å²) < 4.78 is 5.70. The summed E-state index contributed by atoms with van der Waals surface area (Å²) >= 11 is 0. The lowest BCUT2D eigenvalue weighted by molar-refractivity contribution is -0.137. The Hall–Kier alpha value is -1.55. The smallest absolute Gasteiger partial charge is 0.229 e. The number of rotatable bonds is 1. The highest BCUT2D eigenvalue weighted by Gasteiger charge is 2.36. The summed E-state index contributed by atoms with van der Waals surface area (Å²) in [5, 5.41) is 0. The van der Waals surface area contributed by atoms with Crippen molar-refractivity contribution in [3.63, 3.8) is 0 Å². The molecule has 0 bridgehead atoms. The number of hydrogen-bond acceptors (Lipinski definition) is 3. The maximum absolute atomic E-state index is 12.6. The Morgan fingerprint density at radius 1 is 1.42 bits per heavy atom. The molecule has 4 heteroatoms. The maximum atomic E-state index is 12.6. The standard InChI is InChI=1S/C15H20N2O2/c1-10-13(16)6-7-17(10)15(18)12-8-11-4-2-3-5-14(11)19-9-12/h2-5,10,12-13H,6-9,16H2,1H3. The Morgan fingerprint density at radius 3 is 2.95 bits per heavy atom. The number of nitrogens with zero attached hydrogens (tertiary/aromatic N) is 1. The molecule has 3 unspecified atom stereocenters. The van der Waals surface area contributed by atoms with Crippen molar-refractivity contribution in [2.24, 2.45) is 11.7 Å². The van der Waals surface area contributed by atoms with Gasteiger partial charge in [-0.05, 0) is 31.4 Å². The third kappa shape index (κ3) is 2.21. The number of hydrogen-bond donors (Lipinski definition) is 1. The molecule has 1 fully saturated rings. The lowest BCUT2D eigenvalue weighted by Crippen LogP contribution is -2.45. The van der Waals surface area contributed by atoms with Crippen LogP contribution in [0, 0.1) is 5.92 Å². The van der Waals surface area contributed by atoms with E-state index in [1.54, 1.807) is 0 Å². The van der Waals surface area contributed by atoms with E-state index in [2.05, 4.69) is 0 Å². The van der Waals surface area contributed by atoms with Crippen molar-refractivity contribution in [3.05, 3.63) is 29.8 Å². The predicted molar refractivity (Wildman–Crippen MR) is 72.9 cm³/mol. The van der Waals surface area contributed by atoms with Crippen molar-refractivity contribution in [1.82, 2.24) is 4.90 Å². The first-order chi connectivity index (χ1) is 9.16. The van der Waals surface area contributed by atoms with Crippen LogP contribution in [0.4, 0.5) is 0 Å². The summed E-state index contributed by atoms with van der Waals surface area (Å²) in [7, 11) is 0. The van der Waals surface area contributed by atoms with E-state index in [1.165, 1.54) is 0 Å². The molecule has 2 heterocycles. The summed E-state index contributed by atoms with van der Waals surface area (Å²) in [4.78, 5) is 14.5. The zero-order chi connectivity index (χ0) is 13.4. The van der Waals surface area contributed by atoms with E-state index in [0.29, 0.717) is 6.61 Å². The van der Waals surface area contributed by atoms with E-state index in [9.17, 15) is 4.79 Å². The lowest BCUT2D eigenvalue weighted by Gasteiger charge is -2.30. The number of likely N-dealkylation sites (tertiary alicyclic amines) is 1. The van der Waals surface area contributed by atoms with Crippen LogP contribution in [0.15, 0.2) is 24.3 Å². The molecule has 1 aromatic rings. The quantitative estimate of drug-likeness (QED) is 0.825. The van der Waals surface area contributed by atoms with Crippen molar-refractivity contribution in [3.8, 4) is 5.75 Å². The molecule has 102 valence electrons. The van der Waals surface area contributed by atoms with E-state index in [1.807, 2.05) is 36.1 Å². The first-order valence-electron chi connectivity index (χ1n) is 6.93. The number of carbonyl (C=O) groups excluding carboxylic acids is 1. The van der Waals surface area contributed by atoms with Crippen LogP contribution in [0.25, 0.3) is 0 Å². The van der Waals surface area contributed by atoms with Gasteiger partial charge in [-0.15, -0.1) is 0 Å². The monoisotopic (exact) mass is 260 g/mol. The van der Waals surface area contributed by atoms with Gasteiger partial charge in [0, 0.05) is 18.6 Å². The molecule has 0 aromatic heterocycles. The number of para-hydroxylation sites is 1. The van der Waals surface area contributed by atoms with Crippen LogP contribution in [0.3, 0.4) is 0 Å². The van der Waals surface area contributed by atoms with Crippen LogP contribution in [0.1, 0.15) is 18.9 Å². The fraction of sp³-hybridized carbons (Fsp3) is 0.533.